The summed E-state index contributed by atoms with van der Waals surface area (Å²) in [6.07, 6.45) is 2.37. The summed E-state index contributed by atoms with van der Waals surface area (Å²) in [7, 11) is 7.59. The molecule has 1 aliphatic rings. The summed E-state index contributed by atoms with van der Waals surface area (Å²) in [5, 5.41) is 4.01. The Balaban J connectivity index is 1.19. The number of fused-ring (bicyclic) bond motifs is 2. The molecule has 206 valence electrons. The van der Waals surface area contributed by atoms with Crippen molar-refractivity contribution < 1.29 is 9.47 Å². The Kier molecular flexibility index (Phi) is 7.16. The summed E-state index contributed by atoms with van der Waals surface area (Å²) < 4.78 is 11.0. The van der Waals surface area contributed by atoms with Crippen LogP contribution < -0.4 is 14.4 Å². The second kappa shape index (κ2) is 10.9. The number of benzene rings is 4. The van der Waals surface area contributed by atoms with Crippen LogP contribution in [-0.2, 0) is 6.54 Å². The number of anilines is 1. The third kappa shape index (κ3) is 4.79. The number of hydrogen-bond acceptors (Lipinski definition) is 4. The van der Waals surface area contributed by atoms with Crippen LogP contribution >= 0.6 is 0 Å². The monoisotopic (exact) mass is 533 g/mol. The van der Waals surface area contributed by atoms with E-state index in [2.05, 4.69) is 96.5 Å². The Hall–Kier alpha value is -3.96. The van der Waals surface area contributed by atoms with Gasteiger partial charge >= 0.3 is 0 Å². The first-order valence-electron chi connectivity index (χ1n) is 14.2. The topological polar surface area (TPSA) is 40.7 Å². The zero-order chi connectivity index (χ0) is 27.8. The van der Waals surface area contributed by atoms with Crippen LogP contribution in [0, 0.1) is 6.92 Å². The molecule has 0 radical (unpaired) electrons. The minimum atomic E-state index is 0.590. The van der Waals surface area contributed by atoms with E-state index in [0.717, 1.165) is 42.4 Å². The molecule has 5 heteroatoms. The van der Waals surface area contributed by atoms with Crippen molar-refractivity contribution in [2.24, 2.45) is 0 Å². The SMILES string of the molecule is COc1ccc(-c2[nH]c3ccc(C4CCN(Cc5ccc(N(C)C)c6ccccc56)CC4)cc3c2C)cc1OC. The normalized spacial score (nSPS) is 14.6. The lowest BCUT2D eigenvalue weighted by Crippen LogP contribution is -2.32. The standard InChI is InChI=1S/C35H39N3O2/c1-23-30-20-25(10-13-31(30)36-35(23)26-12-15-33(39-4)34(21-26)40-5)24-16-18-38(19-17-24)22-27-11-14-32(37(2)3)29-9-7-6-8-28(27)29/h6-15,20-21,24,36H,16-19,22H2,1-5H3. The van der Waals surface area contributed by atoms with Crippen LogP contribution in [-0.4, -0.2) is 51.3 Å². The van der Waals surface area contributed by atoms with Crippen LogP contribution in [0.1, 0.15) is 35.4 Å². The van der Waals surface area contributed by atoms with Crippen molar-refractivity contribution in [3.63, 3.8) is 0 Å². The highest BCUT2D eigenvalue weighted by molar-refractivity contribution is 5.96. The molecular weight excluding hydrogens is 494 g/mol. The van der Waals surface area contributed by atoms with Gasteiger partial charge in [-0.25, -0.2) is 0 Å². The summed E-state index contributed by atoms with van der Waals surface area (Å²) in [6, 6.07) is 26.5. The third-order valence-electron chi connectivity index (χ3n) is 8.68. The number of nitrogens with one attached hydrogen (secondary N) is 1. The predicted octanol–water partition coefficient (Wildman–Crippen LogP) is 7.76. The zero-order valence-corrected chi connectivity index (χ0v) is 24.3. The summed E-state index contributed by atoms with van der Waals surface area (Å²) >= 11 is 0. The molecule has 1 aliphatic heterocycles. The van der Waals surface area contributed by atoms with Gasteiger partial charge in [0.15, 0.2) is 11.5 Å². The number of H-pyrrole nitrogens is 1. The van der Waals surface area contributed by atoms with E-state index < -0.39 is 0 Å². The molecule has 0 spiro atoms. The van der Waals surface area contributed by atoms with Gasteiger partial charge in [0.2, 0.25) is 0 Å². The molecule has 1 N–H and O–H groups in total. The summed E-state index contributed by atoms with van der Waals surface area (Å²) in [5.74, 6) is 2.08. The van der Waals surface area contributed by atoms with Gasteiger partial charge in [-0.1, -0.05) is 36.4 Å². The van der Waals surface area contributed by atoms with Crippen LogP contribution in [0.5, 0.6) is 11.5 Å². The molecule has 0 bridgehead atoms. The largest absolute Gasteiger partial charge is 0.493 e. The van der Waals surface area contributed by atoms with Gasteiger partial charge in [0.05, 0.1) is 14.2 Å². The highest BCUT2D eigenvalue weighted by Crippen LogP contribution is 2.38. The molecule has 0 amide bonds. The number of rotatable bonds is 7. The molecule has 2 heterocycles. The molecule has 5 nitrogen and oxygen atoms in total. The Labute approximate surface area is 237 Å². The van der Waals surface area contributed by atoms with E-state index in [1.807, 2.05) is 12.1 Å². The van der Waals surface area contributed by atoms with E-state index in [4.69, 9.17) is 9.47 Å². The van der Waals surface area contributed by atoms with Gasteiger partial charge in [0.25, 0.3) is 0 Å². The number of likely N-dealkylation sites (tertiary alicyclic amines) is 1. The average molecular weight is 534 g/mol. The molecular formula is C35H39N3O2. The fourth-order valence-corrected chi connectivity index (χ4v) is 6.42. The molecule has 5 aromatic rings. The number of nitrogens with zero attached hydrogens (tertiary/aromatic N) is 2. The van der Waals surface area contributed by atoms with Crippen LogP contribution in [0.15, 0.2) is 72.8 Å². The van der Waals surface area contributed by atoms with Crippen molar-refractivity contribution in [3.05, 3.63) is 89.5 Å². The van der Waals surface area contributed by atoms with Gasteiger partial charge < -0.3 is 19.4 Å². The maximum atomic E-state index is 5.55. The second-order valence-electron chi connectivity index (χ2n) is 11.2. The lowest BCUT2D eigenvalue weighted by Gasteiger charge is -2.32. The molecule has 40 heavy (non-hydrogen) atoms. The van der Waals surface area contributed by atoms with Crippen molar-refractivity contribution in [3.8, 4) is 22.8 Å². The van der Waals surface area contributed by atoms with Crippen LogP contribution in [0.25, 0.3) is 32.9 Å². The molecule has 1 aromatic heterocycles. The highest BCUT2D eigenvalue weighted by atomic mass is 16.5. The molecule has 4 aromatic carbocycles. The third-order valence-corrected chi connectivity index (χ3v) is 8.68. The van der Waals surface area contributed by atoms with Crippen LogP contribution in [0.4, 0.5) is 5.69 Å². The second-order valence-corrected chi connectivity index (χ2v) is 11.2. The molecule has 0 aliphatic carbocycles. The number of aryl methyl sites for hydroxylation is 1. The summed E-state index contributed by atoms with van der Waals surface area (Å²) in [6.45, 7) is 5.46. The van der Waals surface area contributed by atoms with Crippen molar-refractivity contribution in [2.45, 2.75) is 32.2 Å². The van der Waals surface area contributed by atoms with Crippen LogP contribution in [0.2, 0.25) is 0 Å². The Morgan fingerprint density at radius 3 is 2.30 bits per heavy atom. The van der Waals surface area contributed by atoms with Crippen molar-refractivity contribution in [2.75, 3.05) is 46.3 Å². The van der Waals surface area contributed by atoms with E-state index in [0.29, 0.717) is 5.92 Å². The predicted molar refractivity (Wildman–Crippen MR) is 167 cm³/mol. The molecule has 1 saturated heterocycles. The first-order chi connectivity index (χ1) is 19.5. The van der Waals surface area contributed by atoms with Crippen molar-refractivity contribution in [1.29, 1.82) is 0 Å². The van der Waals surface area contributed by atoms with Gasteiger partial charge in [-0.2, -0.15) is 0 Å². The average Bonchev–Trinajstić information content (AvgIpc) is 3.32. The Morgan fingerprint density at radius 1 is 0.825 bits per heavy atom. The maximum Gasteiger partial charge on any atom is 0.161 e. The van der Waals surface area contributed by atoms with E-state index >= 15 is 0 Å². The molecule has 0 atom stereocenters. The van der Waals surface area contributed by atoms with Gasteiger partial charge in [-0.3, -0.25) is 4.90 Å². The number of aromatic amines is 1. The number of hydrogen-bond donors (Lipinski definition) is 1. The summed E-state index contributed by atoms with van der Waals surface area (Å²) in [4.78, 5) is 8.48. The lowest BCUT2D eigenvalue weighted by atomic mass is 9.88. The van der Waals surface area contributed by atoms with E-state index in [9.17, 15) is 0 Å². The van der Waals surface area contributed by atoms with Crippen LogP contribution in [0.3, 0.4) is 0 Å². The molecule has 0 unspecified atom stereocenters. The smallest absolute Gasteiger partial charge is 0.161 e. The number of piperidine rings is 1. The van der Waals surface area contributed by atoms with Gasteiger partial charge in [0.1, 0.15) is 0 Å². The zero-order valence-electron chi connectivity index (χ0n) is 24.3. The maximum absolute atomic E-state index is 5.55. The van der Waals surface area contributed by atoms with E-state index in [-0.39, 0.29) is 0 Å². The first kappa shape index (κ1) is 26.3. The van der Waals surface area contributed by atoms with Gasteiger partial charge in [-0.15, -0.1) is 0 Å². The molecule has 1 fully saturated rings. The Morgan fingerprint density at radius 2 is 1.57 bits per heavy atom. The van der Waals surface area contributed by atoms with E-state index in [1.165, 1.54) is 56.9 Å². The summed E-state index contributed by atoms with van der Waals surface area (Å²) in [5.41, 5.74) is 8.84. The quantitative estimate of drug-likeness (QED) is 0.232. The molecule has 6 rings (SSSR count). The highest BCUT2D eigenvalue weighted by Gasteiger charge is 2.22. The van der Waals surface area contributed by atoms with Gasteiger partial charge in [0, 0.05) is 53.9 Å². The number of ether oxygens (including phenoxy) is 2. The molecule has 0 saturated carbocycles. The number of aromatic nitrogens is 1. The minimum Gasteiger partial charge on any atom is -0.493 e. The first-order valence-corrected chi connectivity index (χ1v) is 14.2. The van der Waals surface area contributed by atoms with Crippen molar-refractivity contribution in [1.82, 2.24) is 9.88 Å². The van der Waals surface area contributed by atoms with Crippen molar-refractivity contribution >= 4 is 27.4 Å². The fraction of sp³-hybridized carbons (Fsp3) is 0.314. The number of methoxy groups -OCH3 is 2. The van der Waals surface area contributed by atoms with E-state index in [1.54, 1.807) is 14.2 Å². The minimum absolute atomic E-state index is 0.590. The lowest BCUT2D eigenvalue weighted by molar-refractivity contribution is 0.205. The fourth-order valence-electron chi connectivity index (χ4n) is 6.42. The Bertz CT molecular complexity index is 1660. The van der Waals surface area contributed by atoms with Gasteiger partial charge in [-0.05, 0) is 97.2 Å².